The van der Waals surface area contributed by atoms with E-state index in [0.29, 0.717) is 6.42 Å². The van der Waals surface area contributed by atoms with E-state index in [1.54, 1.807) is 0 Å². The van der Waals surface area contributed by atoms with Crippen molar-refractivity contribution in [3.63, 3.8) is 0 Å². The van der Waals surface area contributed by atoms with Gasteiger partial charge in [0, 0.05) is 12.5 Å². The molecule has 1 heterocycles. The van der Waals surface area contributed by atoms with Crippen LogP contribution in [0.1, 0.15) is 23.5 Å². The van der Waals surface area contributed by atoms with Crippen LogP contribution in [0.25, 0.3) is 11.1 Å². The first-order valence-corrected chi connectivity index (χ1v) is 9.91. The standard InChI is InChI=1S/C22H22N2O7/c25-19(26)12-31-24-21(27)20-18(9-10-29-20)23-22(28)30-11-17-15-7-3-1-5-13(15)14-6-2-4-8-16(14)17/h1-8,17-18,20H,9-12H2,(H,23,28)(H,24,27)(H,25,26)/t18-,20+/m1/s1. The van der Waals surface area contributed by atoms with Crippen molar-refractivity contribution in [3.8, 4) is 11.1 Å². The predicted molar refractivity (Wildman–Crippen MR) is 108 cm³/mol. The van der Waals surface area contributed by atoms with Crippen molar-refractivity contribution in [2.75, 3.05) is 19.8 Å². The summed E-state index contributed by atoms with van der Waals surface area (Å²) in [4.78, 5) is 39.6. The second kappa shape index (κ2) is 9.15. The molecule has 1 aliphatic carbocycles. The summed E-state index contributed by atoms with van der Waals surface area (Å²) in [6, 6.07) is 15.5. The van der Waals surface area contributed by atoms with Gasteiger partial charge in [-0.25, -0.2) is 15.1 Å². The van der Waals surface area contributed by atoms with Crippen LogP contribution in [0.4, 0.5) is 4.79 Å². The van der Waals surface area contributed by atoms with Gasteiger partial charge in [-0.2, -0.15) is 0 Å². The number of carboxylic acids is 1. The lowest BCUT2D eigenvalue weighted by molar-refractivity contribution is -0.153. The molecule has 0 aromatic heterocycles. The van der Waals surface area contributed by atoms with Gasteiger partial charge in [0.05, 0.1) is 6.04 Å². The number of carbonyl (C=O) groups excluding carboxylic acids is 2. The quantitative estimate of drug-likeness (QED) is 0.577. The number of nitrogens with one attached hydrogen (secondary N) is 2. The van der Waals surface area contributed by atoms with E-state index in [1.165, 1.54) is 0 Å². The van der Waals surface area contributed by atoms with E-state index in [1.807, 2.05) is 41.9 Å². The molecule has 9 heteroatoms. The van der Waals surface area contributed by atoms with Gasteiger partial charge in [0.1, 0.15) is 6.61 Å². The van der Waals surface area contributed by atoms with Crippen LogP contribution in [0.3, 0.4) is 0 Å². The molecule has 0 radical (unpaired) electrons. The summed E-state index contributed by atoms with van der Waals surface area (Å²) in [5.74, 6) is -1.95. The van der Waals surface area contributed by atoms with Gasteiger partial charge in [-0.1, -0.05) is 48.5 Å². The molecule has 3 N–H and O–H groups in total. The Morgan fingerprint density at radius 1 is 1.03 bits per heavy atom. The van der Waals surface area contributed by atoms with E-state index < -0.39 is 36.7 Å². The summed E-state index contributed by atoms with van der Waals surface area (Å²) in [7, 11) is 0. The van der Waals surface area contributed by atoms with Crippen LogP contribution < -0.4 is 10.8 Å². The fourth-order valence-electron chi connectivity index (χ4n) is 4.01. The lowest BCUT2D eigenvalue weighted by Gasteiger charge is -2.20. The molecule has 2 aromatic carbocycles. The Bertz CT molecular complexity index is 948. The largest absolute Gasteiger partial charge is 0.479 e. The van der Waals surface area contributed by atoms with E-state index in [9.17, 15) is 14.4 Å². The molecule has 0 saturated carbocycles. The first-order chi connectivity index (χ1) is 15.0. The van der Waals surface area contributed by atoms with Crippen LogP contribution in [0.2, 0.25) is 0 Å². The van der Waals surface area contributed by atoms with Gasteiger partial charge in [-0.05, 0) is 28.7 Å². The highest BCUT2D eigenvalue weighted by Gasteiger charge is 2.36. The number of hydrogen-bond donors (Lipinski definition) is 3. The van der Waals surface area contributed by atoms with Crippen LogP contribution in [0, 0.1) is 0 Å². The van der Waals surface area contributed by atoms with Crippen molar-refractivity contribution in [2.24, 2.45) is 0 Å². The maximum absolute atomic E-state index is 12.4. The van der Waals surface area contributed by atoms with E-state index in [-0.39, 0.29) is 19.1 Å². The third kappa shape index (κ3) is 4.52. The average molecular weight is 426 g/mol. The van der Waals surface area contributed by atoms with Gasteiger partial charge in [0.25, 0.3) is 5.91 Å². The van der Waals surface area contributed by atoms with Crippen molar-refractivity contribution in [3.05, 3.63) is 59.7 Å². The molecular formula is C22H22N2O7. The minimum Gasteiger partial charge on any atom is -0.479 e. The Morgan fingerprint density at radius 2 is 1.68 bits per heavy atom. The normalized spacial score (nSPS) is 19.4. The maximum Gasteiger partial charge on any atom is 0.407 e. The van der Waals surface area contributed by atoms with Crippen LogP contribution in [-0.2, 0) is 23.9 Å². The minimum atomic E-state index is -1.22. The van der Waals surface area contributed by atoms with Crippen LogP contribution >= 0.6 is 0 Å². The summed E-state index contributed by atoms with van der Waals surface area (Å²) in [6.07, 6.45) is -1.22. The van der Waals surface area contributed by atoms with Gasteiger partial charge in [-0.15, -0.1) is 0 Å². The van der Waals surface area contributed by atoms with Crippen molar-refractivity contribution in [1.29, 1.82) is 0 Å². The Kier molecular flexibility index (Phi) is 6.15. The van der Waals surface area contributed by atoms with Crippen LogP contribution in [0.15, 0.2) is 48.5 Å². The Labute approximate surface area is 178 Å². The van der Waals surface area contributed by atoms with E-state index in [2.05, 4.69) is 22.3 Å². The lowest BCUT2D eigenvalue weighted by Crippen LogP contribution is -2.48. The summed E-state index contributed by atoms with van der Waals surface area (Å²) in [5, 5.41) is 11.2. The average Bonchev–Trinajstić information content (AvgIpc) is 3.34. The highest BCUT2D eigenvalue weighted by atomic mass is 16.7. The fraction of sp³-hybridized carbons (Fsp3) is 0.318. The van der Waals surface area contributed by atoms with E-state index in [0.717, 1.165) is 22.3 Å². The van der Waals surface area contributed by atoms with Gasteiger partial charge >= 0.3 is 12.1 Å². The summed E-state index contributed by atoms with van der Waals surface area (Å²) in [6.45, 7) is -0.250. The van der Waals surface area contributed by atoms with E-state index in [4.69, 9.17) is 14.6 Å². The molecule has 1 aliphatic heterocycles. The van der Waals surface area contributed by atoms with Crippen LogP contribution in [0.5, 0.6) is 0 Å². The van der Waals surface area contributed by atoms with Gasteiger partial charge in [0.2, 0.25) is 0 Å². The van der Waals surface area contributed by atoms with Gasteiger partial charge < -0.3 is 19.9 Å². The molecule has 2 atom stereocenters. The van der Waals surface area contributed by atoms with Gasteiger partial charge in [-0.3, -0.25) is 9.63 Å². The lowest BCUT2D eigenvalue weighted by atomic mass is 9.98. The number of carboxylic acid groups (broad SMARTS) is 1. The molecule has 0 spiro atoms. The first kappa shape index (κ1) is 20.8. The molecule has 2 amide bonds. The molecule has 1 saturated heterocycles. The Hall–Kier alpha value is -3.43. The number of fused-ring (bicyclic) bond motifs is 3. The molecule has 2 aromatic rings. The Balaban J connectivity index is 1.34. The molecule has 162 valence electrons. The smallest absolute Gasteiger partial charge is 0.407 e. The number of aliphatic carboxylic acids is 1. The fourth-order valence-corrected chi connectivity index (χ4v) is 4.01. The van der Waals surface area contributed by atoms with Gasteiger partial charge in [0.15, 0.2) is 12.7 Å². The van der Waals surface area contributed by atoms with Crippen molar-refractivity contribution >= 4 is 18.0 Å². The number of hydrogen-bond acceptors (Lipinski definition) is 6. The minimum absolute atomic E-state index is 0.0681. The number of benzene rings is 2. The summed E-state index contributed by atoms with van der Waals surface area (Å²) in [5.41, 5.74) is 6.50. The molecular weight excluding hydrogens is 404 g/mol. The highest BCUT2D eigenvalue weighted by molar-refractivity contribution is 5.82. The zero-order valence-electron chi connectivity index (χ0n) is 16.6. The number of carbonyl (C=O) groups is 3. The molecule has 2 aliphatic rings. The first-order valence-electron chi connectivity index (χ1n) is 9.91. The van der Waals surface area contributed by atoms with Crippen molar-refractivity contribution in [1.82, 2.24) is 10.8 Å². The SMILES string of the molecule is O=C(O)CONC(=O)[C@H]1OCC[C@H]1NC(=O)OCC1c2ccccc2-c2ccccc21. The maximum atomic E-state index is 12.4. The van der Waals surface area contributed by atoms with Crippen LogP contribution in [-0.4, -0.2) is 55.0 Å². The van der Waals surface area contributed by atoms with Crippen molar-refractivity contribution in [2.45, 2.75) is 24.5 Å². The van der Waals surface area contributed by atoms with E-state index >= 15 is 0 Å². The molecule has 0 bridgehead atoms. The van der Waals surface area contributed by atoms with Crippen molar-refractivity contribution < 1.29 is 33.8 Å². The second-order valence-electron chi connectivity index (χ2n) is 7.31. The Morgan fingerprint density at radius 3 is 2.32 bits per heavy atom. The molecule has 31 heavy (non-hydrogen) atoms. The highest BCUT2D eigenvalue weighted by Crippen LogP contribution is 2.44. The molecule has 9 nitrogen and oxygen atoms in total. The molecule has 4 rings (SSSR count). The zero-order chi connectivity index (χ0) is 21.8. The molecule has 0 unspecified atom stereocenters. The predicted octanol–water partition coefficient (Wildman–Crippen LogP) is 1.82. The monoisotopic (exact) mass is 426 g/mol. The topological polar surface area (TPSA) is 123 Å². The summed E-state index contributed by atoms with van der Waals surface area (Å²) >= 11 is 0. The zero-order valence-corrected chi connectivity index (χ0v) is 16.6. The number of hydroxylamine groups is 1. The second-order valence-corrected chi connectivity index (χ2v) is 7.31. The number of amides is 2. The summed E-state index contributed by atoms with van der Waals surface area (Å²) < 4.78 is 10.8. The molecule has 1 fully saturated rings. The number of ether oxygens (including phenoxy) is 2. The third-order valence-electron chi connectivity index (χ3n) is 5.37. The third-order valence-corrected chi connectivity index (χ3v) is 5.37. The number of alkyl carbamates (subject to hydrolysis) is 1. The number of rotatable bonds is 7.